The third-order valence-corrected chi connectivity index (χ3v) is 4.19. The molecule has 1 saturated heterocycles. The van der Waals surface area contributed by atoms with Gasteiger partial charge < -0.3 is 15.5 Å². The van der Waals surface area contributed by atoms with Crippen molar-refractivity contribution in [3.63, 3.8) is 0 Å². The highest BCUT2D eigenvalue weighted by Gasteiger charge is 2.41. The standard InChI is InChI=1S/C14H28N4O2/c1-14(2,11-10-17(4)8-9-18(11)5)13(20)16-7-6-12(19)15-3/h11H,6-10H2,1-5H3,(H,15,19)(H,16,20)/i3+1,4+1,5+1,9+1,15+1,17+1. The highest BCUT2D eigenvalue weighted by Crippen LogP contribution is 2.27. The highest BCUT2D eigenvalue weighted by atomic mass is 16.2. The van der Waals surface area contributed by atoms with E-state index in [4.69, 9.17) is 0 Å². The van der Waals surface area contributed by atoms with Crippen molar-refractivity contribution in [3.8, 4) is 0 Å². The second-order valence-electron chi connectivity index (χ2n) is 6.16. The predicted octanol–water partition coefficient (Wildman–Crippen LogP) is -0.489. The fourth-order valence-corrected chi connectivity index (χ4v) is 2.58. The molecule has 1 rings (SSSR count). The Morgan fingerprint density at radius 3 is 2.50 bits per heavy atom. The van der Waals surface area contributed by atoms with Crippen LogP contribution < -0.4 is 10.6 Å². The smallest absolute Gasteiger partial charge is 0.227 e. The largest absolute Gasteiger partial charge is 0.359 e. The minimum absolute atomic E-state index is 0.00792. The van der Waals surface area contributed by atoms with Crippen LogP contribution in [0.1, 0.15) is 20.3 Å². The maximum Gasteiger partial charge on any atom is 0.227 e. The Balaban J connectivity index is 2.57. The van der Waals surface area contributed by atoms with Gasteiger partial charge in [0.1, 0.15) is 0 Å². The SMILES string of the molecule is CC(C)(C(=O)NCCC(=O)[15NH][13CH3])C1C[15N]([13CH3])C[13CH2]N1[13CH3]. The monoisotopic (exact) mass is 290 g/mol. The van der Waals surface area contributed by atoms with Gasteiger partial charge in [-0.05, 0) is 27.9 Å². The van der Waals surface area contributed by atoms with Crippen molar-refractivity contribution < 1.29 is 9.59 Å². The topological polar surface area (TPSA) is 64.7 Å². The molecule has 2 N–H and O–H groups in total. The maximum absolute atomic E-state index is 12.4. The molecular formula is C14H28N4O2. The minimum Gasteiger partial charge on any atom is -0.359 e. The van der Waals surface area contributed by atoms with Gasteiger partial charge >= 0.3 is 0 Å². The van der Waals surface area contributed by atoms with Crippen molar-refractivity contribution in [2.24, 2.45) is 5.41 Å². The lowest BCUT2D eigenvalue weighted by Crippen LogP contribution is -2.60. The number of hydrogen-bond acceptors (Lipinski definition) is 4. The second-order valence-corrected chi connectivity index (χ2v) is 6.16. The van der Waals surface area contributed by atoms with Gasteiger partial charge in [0.25, 0.3) is 0 Å². The molecule has 1 fully saturated rings. The van der Waals surface area contributed by atoms with E-state index in [1.807, 2.05) is 13.8 Å². The van der Waals surface area contributed by atoms with Crippen molar-refractivity contribution in [2.45, 2.75) is 26.3 Å². The average molecular weight is 290 g/mol. The van der Waals surface area contributed by atoms with Crippen LogP contribution in [-0.2, 0) is 9.59 Å². The molecule has 0 aromatic rings. The summed E-state index contributed by atoms with van der Waals surface area (Å²) in [6.45, 7) is 7.21. The number of hydrogen-bond donors (Lipinski definition) is 2. The molecule has 0 aromatic heterocycles. The summed E-state index contributed by atoms with van der Waals surface area (Å²) in [5.74, 6) is -0.0498. The number of carbonyl (C=O) groups is 2. The number of amides is 2. The van der Waals surface area contributed by atoms with E-state index in [2.05, 4.69) is 34.5 Å². The van der Waals surface area contributed by atoms with Gasteiger partial charge in [0.2, 0.25) is 11.8 Å². The van der Waals surface area contributed by atoms with Gasteiger partial charge in [-0.1, -0.05) is 0 Å². The van der Waals surface area contributed by atoms with Crippen molar-refractivity contribution in [2.75, 3.05) is 47.3 Å². The second kappa shape index (κ2) is 7.04. The van der Waals surface area contributed by atoms with E-state index in [1.54, 1.807) is 7.05 Å². The van der Waals surface area contributed by atoms with Gasteiger partial charge in [-0.2, -0.15) is 0 Å². The van der Waals surface area contributed by atoms with Gasteiger partial charge in [-0.3, -0.25) is 14.5 Å². The first kappa shape index (κ1) is 16.9. The van der Waals surface area contributed by atoms with Gasteiger partial charge in [-0.25, -0.2) is 0 Å². The van der Waals surface area contributed by atoms with Crippen LogP contribution in [0, 0.1) is 5.41 Å². The molecule has 20 heavy (non-hydrogen) atoms. The van der Waals surface area contributed by atoms with Crippen LogP contribution in [0.25, 0.3) is 0 Å². The zero-order chi connectivity index (χ0) is 15.3. The number of carbonyl (C=O) groups excluding carboxylic acids is 2. The Morgan fingerprint density at radius 1 is 1.25 bits per heavy atom. The zero-order valence-corrected chi connectivity index (χ0v) is 13.3. The first-order valence-corrected chi connectivity index (χ1v) is 7.16. The molecule has 6 nitrogen and oxygen atoms in total. The Morgan fingerprint density at radius 2 is 1.90 bits per heavy atom. The summed E-state index contributed by atoms with van der Waals surface area (Å²) in [5, 5.41) is 5.42. The van der Waals surface area contributed by atoms with E-state index >= 15 is 0 Å². The average Bonchev–Trinajstić information content (AvgIpc) is 2.40. The van der Waals surface area contributed by atoms with Crippen LogP contribution >= 0.6 is 0 Å². The molecule has 0 bridgehead atoms. The number of rotatable bonds is 5. The first-order chi connectivity index (χ1) is 9.28. The van der Waals surface area contributed by atoms with E-state index in [0.29, 0.717) is 13.0 Å². The molecule has 0 aliphatic carbocycles. The molecule has 1 aliphatic rings. The fraction of sp³-hybridized carbons (Fsp3) is 0.857. The molecular weight excluding hydrogens is 262 g/mol. The van der Waals surface area contributed by atoms with Crippen LogP contribution in [0.4, 0.5) is 0 Å². The molecule has 0 spiro atoms. The molecule has 1 heterocycles. The molecule has 1 aliphatic heterocycles. The van der Waals surface area contributed by atoms with E-state index in [1.165, 1.54) is 0 Å². The van der Waals surface area contributed by atoms with E-state index in [0.717, 1.165) is 19.6 Å². The molecule has 0 radical (unpaired) electrons. The lowest BCUT2D eigenvalue weighted by Gasteiger charge is -2.45. The Bertz CT molecular complexity index is 357. The zero-order valence-electron chi connectivity index (χ0n) is 13.3. The van der Waals surface area contributed by atoms with E-state index in [-0.39, 0.29) is 17.9 Å². The number of nitrogens with zero attached hydrogens (tertiary/aromatic N) is 2. The van der Waals surface area contributed by atoms with Gasteiger partial charge in [0, 0.05) is 45.7 Å². The summed E-state index contributed by atoms with van der Waals surface area (Å²) in [5.41, 5.74) is -0.480. The fourth-order valence-electron chi connectivity index (χ4n) is 2.58. The summed E-state index contributed by atoms with van der Waals surface area (Å²) in [6, 6.07) is 0.182. The number of likely N-dealkylation sites (N-methyl/N-ethyl adjacent to an activating group) is 2. The van der Waals surface area contributed by atoms with Crippen LogP contribution in [-0.4, -0.2) is 75.0 Å². The lowest BCUT2D eigenvalue weighted by atomic mass is 9.82. The Hall–Kier alpha value is -1.14. The predicted molar refractivity (Wildman–Crippen MR) is 79.4 cm³/mol. The van der Waals surface area contributed by atoms with Crippen molar-refractivity contribution >= 4 is 11.8 Å². The lowest BCUT2D eigenvalue weighted by molar-refractivity contribution is -0.134. The number of nitrogens with one attached hydrogen (secondary N) is 2. The summed E-state index contributed by atoms with van der Waals surface area (Å²) >= 11 is 0. The van der Waals surface area contributed by atoms with Gasteiger partial charge in [0.15, 0.2) is 0 Å². The van der Waals surface area contributed by atoms with Gasteiger partial charge in [-0.15, -0.1) is 0 Å². The normalized spacial score (nSPS) is 21.6. The molecule has 116 valence electrons. The van der Waals surface area contributed by atoms with Gasteiger partial charge in [0.05, 0.1) is 5.41 Å². The van der Waals surface area contributed by atoms with E-state index < -0.39 is 5.41 Å². The molecule has 0 aromatic carbocycles. The molecule has 1 unspecified atom stereocenters. The Kier molecular flexibility index (Phi) is 5.95. The number of piperazine rings is 1. The van der Waals surface area contributed by atoms with Crippen molar-refractivity contribution in [3.05, 3.63) is 0 Å². The van der Waals surface area contributed by atoms with Crippen LogP contribution in [0.3, 0.4) is 0 Å². The van der Waals surface area contributed by atoms with Crippen molar-refractivity contribution in [1.82, 2.24) is 20.4 Å². The summed E-state index contributed by atoms with van der Waals surface area (Å²) in [6.07, 6.45) is 0.318. The molecule has 1 atom stereocenters. The van der Waals surface area contributed by atoms with Crippen molar-refractivity contribution in [1.29, 1.82) is 0 Å². The third-order valence-electron chi connectivity index (χ3n) is 4.19. The van der Waals surface area contributed by atoms with Crippen LogP contribution in [0.15, 0.2) is 0 Å². The van der Waals surface area contributed by atoms with E-state index in [9.17, 15) is 9.59 Å². The molecule has 2 amide bonds. The first-order valence-electron chi connectivity index (χ1n) is 7.16. The third kappa shape index (κ3) is 4.18. The Labute approximate surface area is 121 Å². The summed E-state index contributed by atoms with van der Waals surface area (Å²) < 4.78 is 0. The summed E-state index contributed by atoms with van der Waals surface area (Å²) in [4.78, 5) is 28.1. The quantitative estimate of drug-likeness (QED) is 0.530. The maximum atomic E-state index is 12.4. The highest BCUT2D eigenvalue weighted by molar-refractivity contribution is 5.83. The molecule has 0 saturated carbocycles. The summed E-state index contributed by atoms with van der Waals surface area (Å²) in [7, 11) is 5.75. The minimum atomic E-state index is -0.480. The van der Waals surface area contributed by atoms with Crippen LogP contribution in [0.2, 0.25) is 0 Å². The molecule has 6 heteroatoms. The van der Waals surface area contributed by atoms with Crippen LogP contribution in [0.5, 0.6) is 0 Å².